The maximum Gasteiger partial charge on any atom is 0.324 e. The summed E-state index contributed by atoms with van der Waals surface area (Å²) >= 11 is 0. The number of carbonyl (C=O) groups excluding carboxylic acids is 4. The van der Waals surface area contributed by atoms with Crippen molar-refractivity contribution < 1.29 is 54.6 Å². The van der Waals surface area contributed by atoms with E-state index >= 15 is 0 Å². The number of urea groups is 2. The number of benzene rings is 2. The van der Waals surface area contributed by atoms with Crippen molar-refractivity contribution in [1.29, 1.82) is 0 Å². The summed E-state index contributed by atoms with van der Waals surface area (Å²) < 4.78 is 82.0. The number of nitrogens with one attached hydrogen (secondary N) is 2. The molecule has 56 heavy (non-hydrogen) atoms. The van der Waals surface area contributed by atoms with Gasteiger partial charge in [-0.3, -0.25) is 20.2 Å². The van der Waals surface area contributed by atoms with Gasteiger partial charge in [0.2, 0.25) is 11.8 Å². The van der Waals surface area contributed by atoms with Crippen molar-refractivity contribution in [3.63, 3.8) is 0 Å². The number of rotatable bonds is 21. The number of amides is 6. The molecule has 3 aliphatic rings. The van der Waals surface area contributed by atoms with Crippen LogP contribution in [0.2, 0.25) is 0 Å². The largest absolute Gasteiger partial charge is 0.505 e. The number of imide groups is 2. The fourth-order valence-electron chi connectivity index (χ4n) is 6.32. The third-order valence-electron chi connectivity index (χ3n) is 9.75. The van der Waals surface area contributed by atoms with Crippen molar-refractivity contribution in [2.75, 3.05) is 55.8 Å². The van der Waals surface area contributed by atoms with Crippen molar-refractivity contribution >= 4 is 43.6 Å². The highest BCUT2D eigenvalue weighted by Gasteiger charge is 2.27. The second kappa shape index (κ2) is 20.2. The predicted octanol–water partition coefficient (Wildman–Crippen LogP) is 4.63. The molecule has 18 heteroatoms. The number of nitrogens with zero attached hydrogens (tertiary/aromatic N) is 2. The van der Waals surface area contributed by atoms with Crippen molar-refractivity contribution in [3.8, 4) is 11.5 Å². The van der Waals surface area contributed by atoms with E-state index in [1.807, 2.05) is 6.92 Å². The fourth-order valence-corrected chi connectivity index (χ4v) is 9.85. The molecule has 0 spiro atoms. The summed E-state index contributed by atoms with van der Waals surface area (Å²) in [5.74, 6) is -2.22. The molecule has 5 rings (SSSR count). The number of hydrogen-bond acceptors (Lipinski definition) is 10. The average molecular weight is 827 g/mol. The van der Waals surface area contributed by atoms with Crippen LogP contribution in [0.25, 0.3) is 0 Å². The Labute approximate surface area is 327 Å². The monoisotopic (exact) mass is 826 g/mol. The summed E-state index contributed by atoms with van der Waals surface area (Å²) in [4.78, 5) is 47.8. The van der Waals surface area contributed by atoms with E-state index in [9.17, 15) is 49.9 Å². The number of hydrogen-bond donors (Lipinski definition) is 3. The molecule has 1 aliphatic carbocycles. The Morgan fingerprint density at radius 2 is 1.18 bits per heavy atom. The van der Waals surface area contributed by atoms with Gasteiger partial charge in [-0.25, -0.2) is 35.2 Å². The SMILES string of the molecule is C[C@@H](CS(=O)(=O)CCCCCN1CC(=O)NC1=O)c1ccc(F)c(OCC2CC2)c1.C[C@H](CS(=O)(=O)CCCCCN1CC(=O)NC1=O)c1ccc(F)c(O)c1. The molecule has 6 amide bonds. The van der Waals surface area contributed by atoms with E-state index in [1.165, 1.54) is 28.0 Å². The maximum atomic E-state index is 13.9. The molecule has 1 saturated carbocycles. The number of phenolic OH excluding ortho intramolecular Hbond substituents is 1. The van der Waals surface area contributed by atoms with Gasteiger partial charge in [-0.2, -0.15) is 0 Å². The third kappa shape index (κ3) is 14.6. The number of phenols is 1. The number of carbonyl (C=O) groups is 4. The Morgan fingerprint density at radius 1 is 0.714 bits per heavy atom. The highest BCUT2D eigenvalue weighted by Crippen LogP contribution is 2.31. The minimum atomic E-state index is -3.29. The molecule has 0 radical (unpaired) electrons. The van der Waals surface area contributed by atoms with Gasteiger partial charge in [0.05, 0.1) is 29.6 Å². The van der Waals surface area contributed by atoms with E-state index in [1.54, 1.807) is 19.1 Å². The molecular weight excluding hydrogens is 775 g/mol. The van der Waals surface area contributed by atoms with E-state index in [-0.39, 0.29) is 71.5 Å². The Balaban J connectivity index is 0.000000251. The standard InChI is InChI=1S/C21H29FN2O5S.C17H23FN2O5S/c1-15(17-7-8-18(22)19(11-17)29-13-16-5-6-16)14-30(27,28)10-4-2-3-9-24-12-20(25)23-21(24)26;1-12(13-5-6-14(18)15(21)9-13)11-26(24,25)8-4-2-3-7-20-10-16(22)19-17(20)23/h7-8,11,15-16H,2-6,9-10,12-14H2,1H3,(H,23,25,26);5-6,9,12,21H,2-4,7-8,10-11H2,1H3,(H,19,22,23)/t15-;12-/m01/s1. The summed E-state index contributed by atoms with van der Waals surface area (Å²) in [6.07, 6.45) is 5.73. The highest BCUT2D eigenvalue weighted by molar-refractivity contribution is 7.91. The molecule has 2 heterocycles. The van der Waals surface area contributed by atoms with Crippen LogP contribution >= 0.6 is 0 Å². The third-order valence-corrected chi connectivity index (χ3v) is 13.6. The molecule has 14 nitrogen and oxygen atoms in total. The molecule has 2 aliphatic heterocycles. The molecule has 0 aromatic heterocycles. The second-order valence-corrected chi connectivity index (χ2v) is 19.3. The van der Waals surface area contributed by atoms with E-state index in [4.69, 9.17) is 4.74 Å². The first-order valence-electron chi connectivity index (χ1n) is 18.9. The lowest BCUT2D eigenvalue weighted by molar-refractivity contribution is -0.119. The minimum absolute atomic E-state index is 0.0102. The lowest BCUT2D eigenvalue weighted by atomic mass is 10.0. The van der Waals surface area contributed by atoms with Crippen LogP contribution in [0.15, 0.2) is 36.4 Å². The fraction of sp³-hybridized carbons (Fsp3) is 0.579. The zero-order chi connectivity index (χ0) is 41.0. The van der Waals surface area contributed by atoms with Gasteiger partial charge in [-0.1, -0.05) is 38.8 Å². The van der Waals surface area contributed by atoms with E-state index in [0.717, 1.165) is 24.5 Å². The Morgan fingerprint density at radius 3 is 1.61 bits per heavy atom. The summed E-state index contributed by atoms with van der Waals surface area (Å²) in [5, 5.41) is 13.8. The van der Waals surface area contributed by atoms with Gasteiger partial charge in [0.15, 0.2) is 42.8 Å². The second-order valence-electron chi connectivity index (χ2n) is 14.9. The number of aromatic hydroxyl groups is 1. The minimum Gasteiger partial charge on any atom is -0.505 e. The molecule has 0 unspecified atom stereocenters. The summed E-state index contributed by atoms with van der Waals surface area (Å²) in [7, 11) is -6.56. The van der Waals surface area contributed by atoms with E-state index < -0.39 is 43.1 Å². The van der Waals surface area contributed by atoms with Crippen LogP contribution in [0.5, 0.6) is 11.5 Å². The number of halogens is 2. The van der Waals surface area contributed by atoms with Gasteiger partial charge in [0, 0.05) is 13.1 Å². The first-order valence-corrected chi connectivity index (χ1v) is 22.5. The van der Waals surface area contributed by atoms with Gasteiger partial charge >= 0.3 is 12.1 Å². The van der Waals surface area contributed by atoms with Crippen molar-refractivity contribution in [2.45, 2.75) is 77.0 Å². The average Bonchev–Trinajstić information content (AvgIpc) is 3.81. The van der Waals surface area contributed by atoms with Crippen LogP contribution in [-0.2, 0) is 29.3 Å². The summed E-state index contributed by atoms with van der Waals surface area (Å²) in [6, 6.07) is 7.60. The summed E-state index contributed by atoms with van der Waals surface area (Å²) in [5.41, 5.74) is 1.31. The zero-order valence-corrected chi connectivity index (χ0v) is 33.4. The highest BCUT2D eigenvalue weighted by atomic mass is 32.2. The molecule has 2 aromatic carbocycles. The molecule has 310 valence electrons. The molecular formula is C38H52F2N4O10S2. The number of ether oxygens (including phenoxy) is 1. The quantitative estimate of drug-likeness (QED) is 0.118. The summed E-state index contributed by atoms with van der Waals surface area (Å²) in [6.45, 7) is 5.01. The van der Waals surface area contributed by atoms with Gasteiger partial charge in [-0.05, 0) is 91.7 Å². The molecule has 0 bridgehead atoms. The number of unbranched alkanes of at least 4 members (excludes halogenated alkanes) is 4. The van der Waals surface area contributed by atoms with Crippen molar-refractivity contribution in [1.82, 2.24) is 20.4 Å². The van der Waals surface area contributed by atoms with E-state index in [0.29, 0.717) is 69.7 Å². The topological polar surface area (TPSA) is 197 Å². The van der Waals surface area contributed by atoms with Crippen LogP contribution < -0.4 is 15.4 Å². The lowest BCUT2D eigenvalue weighted by Gasteiger charge is -2.15. The molecule has 3 N–H and O–H groups in total. The van der Waals surface area contributed by atoms with Crippen LogP contribution in [0.1, 0.15) is 88.2 Å². The molecule has 2 atom stereocenters. The Kier molecular flexibility index (Phi) is 16.0. The van der Waals surface area contributed by atoms with Crippen molar-refractivity contribution in [3.05, 3.63) is 59.2 Å². The first kappa shape index (κ1) is 44.4. The van der Waals surface area contributed by atoms with Crippen molar-refractivity contribution in [2.24, 2.45) is 5.92 Å². The van der Waals surface area contributed by atoms with Gasteiger partial charge < -0.3 is 19.6 Å². The number of sulfone groups is 2. The van der Waals surface area contributed by atoms with Gasteiger partial charge in [0.25, 0.3) is 0 Å². The Bertz CT molecular complexity index is 1940. The molecule has 3 fully saturated rings. The van der Waals surface area contributed by atoms with Crippen LogP contribution in [0.4, 0.5) is 18.4 Å². The van der Waals surface area contributed by atoms with Crippen LogP contribution in [0, 0.1) is 17.6 Å². The van der Waals surface area contributed by atoms with Gasteiger partial charge in [0.1, 0.15) is 13.1 Å². The van der Waals surface area contributed by atoms with E-state index in [2.05, 4.69) is 10.6 Å². The molecule has 2 aromatic rings. The van der Waals surface area contributed by atoms with Crippen LogP contribution in [0.3, 0.4) is 0 Å². The normalized spacial score (nSPS) is 17.0. The zero-order valence-electron chi connectivity index (χ0n) is 31.8. The maximum absolute atomic E-state index is 13.9. The molecule has 2 saturated heterocycles. The predicted molar refractivity (Wildman–Crippen MR) is 205 cm³/mol. The lowest BCUT2D eigenvalue weighted by Crippen LogP contribution is -2.29. The van der Waals surface area contributed by atoms with Gasteiger partial charge in [-0.15, -0.1) is 0 Å². The smallest absolute Gasteiger partial charge is 0.324 e. The Hall–Kier alpha value is -4.32. The van der Waals surface area contributed by atoms with Crippen LogP contribution in [-0.4, -0.2) is 111 Å². The first-order chi connectivity index (χ1) is 26.4.